The highest BCUT2D eigenvalue weighted by atomic mass is 79.9. The van der Waals surface area contributed by atoms with Crippen LogP contribution in [0.15, 0.2) is 46.9 Å². The molecule has 0 aromatic heterocycles. The van der Waals surface area contributed by atoms with Crippen molar-refractivity contribution in [2.75, 3.05) is 6.61 Å². The van der Waals surface area contributed by atoms with Gasteiger partial charge in [-0.15, -0.1) is 0 Å². The van der Waals surface area contributed by atoms with Crippen LogP contribution in [0.4, 0.5) is 0 Å². The molecule has 2 aromatic carbocycles. The molecule has 1 atom stereocenters. The van der Waals surface area contributed by atoms with E-state index in [1.165, 1.54) is 0 Å². The molecule has 1 unspecified atom stereocenters. The first-order valence-electron chi connectivity index (χ1n) is 5.97. The Morgan fingerprint density at radius 3 is 2.74 bits per heavy atom. The Bertz CT molecular complexity index is 572. The van der Waals surface area contributed by atoms with Gasteiger partial charge in [0.05, 0.1) is 6.61 Å². The van der Waals surface area contributed by atoms with Crippen molar-refractivity contribution >= 4 is 27.5 Å². The SMILES string of the molecule is CCOc1ccc(Br)cc1C(O)c1cccc(Cl)c1. The Kier molecular flexibility index (Phi) is 4.86. The second-order valence-corrected chi connectivity index (χ2v) is 5.42. The van der Waals surface area contributed by atoms with E-state index in [4.69, 9.17) is 16.3 Å². The molecule has 0 bridgehead atoms. The summed E-state index contributed by atoms with van der Waals surface area (Å²) in [5.74, 6) is 0.679. The molecular formula is C15H14BrClO2. The molecule has 4 heteroatoms. The lowest BCUT2D eigenvalue weighted by Crippen LogP contribution is -2.04. The van der Waals surface area contributed by atoms with Crippen molar-refractivity contribution in [2.45, 2.75) is 13.0 Å². The average molecular weight is 342 g/mol. The number of benzene rings is 2. The molecule has 0 aliphatic heterocycles. The molecule has 0 saturated heterocycles. The van der Waals surface area contributed by atoms with Crippen molar-refractivity contribution in [3.8, 4) is 5.75 Å². The molecule has 2 aromatic rings. The first kappa shape index (κ1) is 14.4. The van der Waals surface area contributed by atoms with Gasteiger partial charge in [-0.3, -0.25) is 0 Å². The molecule has 0 spiro atoms. The van der Waals surface area contributed by atoms with Crippen LogP contribution in [0, 0.1) is 0 Å². The monoisotopic (exact) mass is 340 g/mol. The maximum Gasteiger partial charge on any atom is 0.125 e. The highest BCUT2D eigenvalue weighted by molar-refractivity contribution is 9.10. The molecule has 0 amide bonds. The van der Waals surface area contributed by atoms with Crippen LogP contribution in [-0.4, -0.2) is 11.7 Å². The van der Waals surface area contributed by atoms with Gasteiger partial charge in [-0.05, 0) is 42.8 Å². The molecule has 0 aliphatic carbocycles. The predicted molar refractivity (Wildman–Crippen MR) is 80.8 cm³/mol. The van der Waals surface area contributed by atoms with Gasteiger partial charge in [-0.25, -0.2) is 0 Å². The van der Waals surface area contributed by atoms with Crippen molar-refractivity contribution in [1.82, 2.24) is 0 Å². The minimum absolute atomic E-state index is 0.552. The van der Waals surface area contributed by atoms with E-state index in [-0.39, 0.29) is 0 Å². The van der Waals surface area contributed by atoms with Crippen molar-refractivity contribution in [3.05, 3.63) is 63.1 Å². The summed E-state index contributed by atoms with van der Waals surface area (Å²) in [5, 5.41) is 11.1. The van der Waals surface area contributed by atoms with Crippen molar-refractivity contribution in [3.63, 3.8) is 0 Å². The average Bonchev–Trinajstić information content (AvgIpc) is 2.40. The lowest BCUT2D eigenvalue weighted by atomic mass is 10.0. The van der Waals surface area contributed by atoms with Crippen LogP contribution in [0.1, 0.15) is 24.2 Å². The van der Waals surface area contributed by atoms with E-state index < -0.39 is 6.10 Å². The summed E-state index contributed by atoms with van der Waals surface area (Å²) in [6.45, 7) is 2.47. The maximum atomic E-state index is 10.5. The fourth-order valence-corrected chi connectivity index (χ4v) is 2.45. The quantitative estimate of drug-likeness (QED) is 0.882. The van der Waals surface area contributed by atoms with Gasteiger partial charge in [-0.1, -0.05) is 39.7 Å². The Hall–Kier alpha value is -1.03. The zero-order valence-corrected chi connectivity index (χ0v) is 12.8. The summed E-state index contributed by atoms with van der Waals surface area (Å²) in [7, 11) is 0. The molecule has 2 nitrogen and oxygen atoms in total. The third kappa shape index (κ3) is 3.50. The molecule has 0 radical (unpaired) electrons. The van der Waals surface area contributed by atoms with Gasteiger partial charge in [0, 0.05) is 15.1 Å². The summed E-state index contributed by atoms with van der Waals surface area (Å²) < 4.78 is 6.45. The summed E-state index contributed by atoms with van der Waals surface area (Å²) in [6.07, 6.45) is -0.766. The lowest BCUT2D eigenvalue weighted by molar-refractivity contribution is 0.212. The number of rotatable bonds is 4. The number of ether oxygens (including phenoxy) is 1. The summed E-state index contributed by atoms with van der Waals surface area (Å²) >= 11 is 9.37. The molecule has 2 rings (SSSR count). The number of aliphatic hydroxyl groups excluding tert-OH is 1. The van der Waals surface area contributed by atoms with Crippen LogP contribution < -0.4 is 4.74 Å². The van der Waals surface area contributed by atoms with Crippen LogP contribution >= 0.6 is 27.5 Å². The highest BCUT2D eigenvalue weighted by Gasteiger charge is 2.16. The molecule has 19 heavy (non-hydrogen) atoms. The zero-order chi connectivity index (χ0) is 13.8. The molecular weight excluding hydrogens is 328 g/mol. The van der Waals surface area contributed by atoms with Crippen molar-refractivity contribution in [2.24, 2.45) is 0 Å². The van der Waals surface area contributed by atoms with Crippen LogP contribution in [0.25, 0.3) is 0 Å². The molecule has 0 heterocycles. The summed E-state index contributed by atoms with van der Waals surface area (Å²) in [5.41, 5.74) is 1.46. The Balaban J connectivity index is 2.42. The third-order valence-electron chi connectivity index (χ3n) is 2.73. The number of halogens is 2. The molecule has 0 saturated carbocycles. The van der Waals surface area contributed by atoms with Gasteiger partial charge >= 0.3 is 0 Å². The van der Waals surface area contributed by atoms with Gasteiger partial charge in [0.25, 0.3) is 0 Å². The minimum atomic E-state index is -0.766. The zero-order valence-electron chi connectivity index (χ0n) is 10.4. The van der Waals surface area contributed by atoms with Gasteiger partial charge in [0.1, 0.15) is 11.9 Å². The van der Waals surface area contributed by atoms with E-state index in [1.54, 1.807) is 12.1 Å². The fraction of sp³-hybridized carbons (Fsp3) is 0.200. The van der Waals surface area contributed by atoms with Gasteiger partial charge in [-0.2, -0.15) is 0 Å². The van der Waals surface area contributed by atoms with E-state index >= 15 is 0 Å². The Labute approximate surface area is 126 Å². The summed E-state index contributed by atoms with van der Waals surface area (Å²) in [6, 6.07) is 12.8. The van der Waals surface area contributed by atoms with Crippen LogP contribution in [0.3, 0.4) is 0 Å². The second kappa shape index (κ2) is 6.42. The number of hydrogen-bond acceptors (Lipinski definition) is 2. The Morgan fingerprint density at radius 2 is 2.05 bits per heavy atom. The second-order valence-electron chi connectivity index (χ2n) is 4.07. The molecule has 0 aliphatic rings. The van der Waals surface area contributed by atoms with E-state index in [1.807, 2.05) is 37.3 Å². The van der Waals surface area contributed by atoms with Crippen molar-refractivity contribution in [1.29, 1.82) is 0 Å². The van der Waals surface area contributed by atoms with Gasteiger partial charge < -0.3 is 9.84 Å². The van der Waals surface area contributed by atoms with Gasteiger partial charge in [0.15, 0.2) is 0 Å². The molecule has 0 fully saturated rings. The lowest BCUT2D eigenvalue weighted by Gasteiger charge is -2.16. The smallest absolute Gasteiger partial charge is 0.125 e. The predicted octanol–water partition coefficient (Wildman–Crippen LogP) is 4.58. The van der Waals surface area contributed by atoms with E-state index in [9.17, 15) is 5.11 Å². The van der Waals surface area contributed by atoms with Crippen molar-refractivity contribution < 1.29 is 9.84 Å². The third-order valence-corrected chi connectivity index (χ3v) is 3.46. The summed E-state index contributed by atoms with van der Waals surface area (Å²) in [4.78, 5) is 0. The van der Waals surface area contributed by atoms with E-state index in [2.05, 4.69) is 15.9 Å². The maximum absolute atomic E-state index is 10.5. The van der Waals surface area contributed by atoms with Gasteiger partial charge in [0.2, 0.25) is 0 Å². The molecule has 1 N–H and O–H groups in total. The van der Waals surface area contributed by atoms with Crippen LogP contribution in [-0.2, 0) is 0 Å². The largest absolute Gasteiger partial charge is 0.493 e. The first-order valence-corrected chi connectivity index (χ1v) is 7.14. The Morgan fingerprint density at radius 1 is 1.26 bits per heavy atom. The first-order chi connectivity index (χ1) is 9.11. The highest BCUT2D eigenvalue weighted by Crippen LogP contribution is 2.33. The van der Waals surface area contributed by atoms with Crippen LogP contribution in [0.2, 0.25) is 5.02 Å². The topological polar surface area (TPSA) is 29.5 Å². The molecule has 100 valence electrons. The fourth-order valence-electron chi connectivity index (χ4n) is 1.88. The van der Waals surface area contributed by atoms with Crippen LogP contribution in [0.5, 0.6) is 5.75 Å². The van der Waals surface area contributed by atoms with E-state index in [0.29, 0.717) is 17.4 Å². The minimum Gasteiger partial charge on any atom is -0.493 e. The number of hydrogen-bond donors (Lipinski definition) is 1. The standard InChI is InChI=1S/C15H14BrClO2/c1-2-19-14-7-6-11(16)9-13(14)15(18)10-4-3-5-12(17)8-10/h3-9,15,18H,2H2,1H3. The van der Waals surface area contributed by atoms with E-state index in [0.717, 1.165) is 15.6 Å². The normalized spacial score (nSPS) is 12.2. The number of aliphatic hydroxyl groups is 1.